The highest BCUT2D eigenvalue weighted by molar-refractivity contribution is 6.22. The molecule has 0 spiro atoms. The van der Waals surface area contributed by atoms with Crippen LogP contribution in [-0.2, 0) is 0 Å². The van der Waals surface area contributed by atoms with Crippen molar-refractivity contribution in [3.63, 3.8) is 0 Å². The van der Waals surface area contributed by atoms with E-state index in [1.807, 2.05) is 0 Å². The van der Waals surface area contributed by atoms with Crippen LogP contribution in [0.4, 0.5) is 0 Å². The van der Waals surface area contributed by atoms with Crippen molar-refractivity contribution in [2.45, 2.75) is 0 Å². The summed E-state index contributed by atoms with van der Waals surface area (Å²) in [5.41, 5.74) is 13.5. The lowest BCUT2D eigenvalue weighted by molar-refractivity contribution is 1.16. The maximum Gasteiger partial charge on any atom is 0.0730 e. The highest BCUT2D eigenvalue weighted by atomic mass is 15.0. The van der Waals surface area contributed by atoms with Gasteiger partial charge >= 0.3 is 0 Å². The van der Waals surface area contributed by atoms with Crippen molar-refractivity contribution >= 4 is 43.6 Å². The number of hydrogen-bond acceptors (Lipinski definition) is 1. The lowest BCUT2D eigenvalue weighted by Gasteiger charge is -2.14. The second-order valence-electron chi connectivity index (χ2n) is 12.8. The summed E-state index contributed by atoms with van der Waals surface area (Å²) < 4.78 is 4.81. The predicted molar refractivity (Wildman–Crippen MR) is 209 cm³/mol. The maximum atomic E-state index is 5.18. The van der Waals surface area contributed by atoms with Crippen LogP contribution in [0.5, 0.6) is 0 Å². The average Bonchev–Trinajstić information content (AvgIpc) is 3.72. The number of para-hydroxylation sites is 3. The van der Waals surface area contributed by atoms with E-state index >= 15 is 0 Å². The molecule has 3 nitrogen and oxygen atoms in total. The third-order valence-electron chi connectivity index (χ3n) is 9.91. The molecule has 0 aliphatic heterocycles. The molecule has 0 bridgehead atoms. The summed E-state index contributed by atoms with van der Waals surface area (Å²) >= 11 is 0. The van der Waals surface area contributed by atoms with Crippen LogP contribution in [0.25, 0.3) is 88.6 Å². The summed E-state index contributed by atoms with van der Waals surface area (Å²) in [7, 11) is 0. The van der Waals surface area contributed by atoms with Gasteiger partial charge in [0.2, 0.25) is 0 Å². The van der Waals surface area contributed by atoms with Gasteiger partial charge in [0.15, 0.2) is 0 Å². The molecule has 10 aromatic rings. The summed E-state index contributed by atoms with van der Waals surface area (Å²) in [4.78, 5) is 5.18. The number of rotatable bonds is 5. The highest BCUT2D eigenvalue weighted by Gasteiger charge is 2.21. The minimum atomic E-state index is 0.947. The van der Waals surface area contributed by atoms with Gasteiger partial charge < -0.3 is 9.13 Å². The highest BCUT2D eigenvalue weighted by Crippen LogP contribution is 2.44. The van der Waals surface area contributed by atoms with E-state index in [0.717, 1.165) is 44.9 Å². The van der Waals surface area contributed by atoms with E-state index in [0.29, 0.717) is 0 Å². The molecule has 0 aliphatic carbocycles. The van der Waals surface area contributed by atoms with Gasteiger partial charge in [0.05, 0.1) is 39.1 Å². The van der Waals surface area contributed by atoms with Crippen LogP contribution in [0.15, 0.2) is 188 Å². The Kier molecular flexibility index (Phi) is 6.49. The Morgan fingerprint density at radius 2 is 0.720 bits per heavy atom. The Morgan fingerprint density at radius 3 is 1.22 bits per heavy atom. The first-order chi connectivity index (χ1) is 24.8. The second-order valence-corrected chi connectivity index (χ2v) is 12.8. The van der Waals surface area contributed by atoms with Gasteiger partial charge in [-0.25, -0.2) is 4.98 Å². The van der Waals surface area contributed by atoms with E-state index < -0.39 is 0 Å². The monoisotopic (exact) mass is 637 g/mol. The molecule has 7 aromatic carbocycles. The van der Waals surface area contributed by atoms with E-state index in [4.69, 9.17) is 4.98 Å². The molecule has 50 heavy (non-hydrogen) atoms. The third kappa shape index (κ3) is 4.41. The molecule has 0 unspecified atom stereocenters. The zero-order valence-corrected chi connectivity index (χ0v) is 27.2. The Bertz CT molecular complexity index is 2790. The van der Waals surface area contributed by atoms with Gasteiger partial charge in [-0.05, 0) is 59.7 Å². The first-order valence-electron chi connectivity index (χ1n) is 17.1. The lowest BCUT2D eigenvalue weighted by Crippen LogP contribution is -1.98. The fourth-order valence-electron chi connectivity index (χ4n) is 7.78. The molecule has 0 fully saturated rings. The summed E-state index contributed by atoms with van der Waals surface area (Å²) in [6, 6.07) is 67.2. The molecule has 10 rings (SSSR count). The van der Waals surface area contributed by atoms with Crippen LogP contribution >= 0.6 is 0 Å². The van der Waals surface area contributed by atoms with Crippen molar-refractivity contribution in [2.75, 3.05) is 0 Å². The van der Waals surface area contributed by atoms with Crippen molar-refractivity contribution < 1.29 is 0 Å². The van der Waals surface area contributed by atoms with Gasteiger partial charge in [-0.1, -0.05) is 140 Å². The Morgan fingerprint density at radius 1 is 0.320 bits per heavy atom. The molecule has 3 heteroatoms. The molecule has 0 N–H and O–H groups in total. The smallest absolute Gasteiger partial charge is 0.0730 e. The summed E-state index contributed by atoms with van der Waals surface area (Å²) in [6.07, 6.45) is 0. The van der Waals surface area contributed by atoms with Gasteiger partial charge in [-0.2, -0.15) is 0 Å². The average molecular weight is 638 g/mol. The van der Waals surface area contributed by atoms with E-state index in [9.17, 15) is 0 Å². The fourth-order valence-corrected chi connectivity index (χ4v) is 7.78. The maximum absolute atomic E-state index is 5.18. The SMILES string of the molecule is c1ccc(-c2cc(-n3c4ccccc4c4c(-c5cccc6c5c5ccccc5n6-c5ccccc5)cccc43)cc(-c3ccccc3)n2)cc1. The minimum absolute atomic E-state index is 0.947. The van der Waals surface area contributed by atoms with E-state index in [2.05, 4.69) is 197 Å². The largest absolute Gasteiger partial charge is 0.309 e. The van der Waals surface area contributed by atoms with Crippen LogP contribution in [-0.4, -0.2) is 14.1 Å². The number of nitrogens with zero attached hydrogens (tertiary/aromatic N) is 3. The fraction of sp³-hybridized carbons (Fsp3) is 0. The van der Waals surface area contributed by atoms with Crippen molar-refractivity contribution in [3.8, 4) is 45.0 Å². The summed E-state index contributed by atoms with van der Waals surface area (Å²) in [6.45, 7) is 0. The molecule has 234 valence electrons. The van der Waals surface area contributed by atoms with Crippen molar-refractivity contribution in [3.05, 3.63) is 188 Å². The molecule has 0 saturated heterocycles. The van der Waals surface area contributed by atoms with E-state index in [1.165, 1.54) is 43.7 Å². The van der Waals surface area contributed by atoms with Crippen LogP contribution in [0.3, 0.4) is 0 Å². The van der Waals surface area contributed by atoms with Crippen molar-refractivity contribution in [1.82, 2.24) is 14.1 Å². The Hall–Kier alpha value is -6.71. The van der Waals surface area contributed by atoms with Crippen LogP contribution in [0.1, 0.15) is 0 Å². The number of fused-ring (bicyclic) bond motifs is 6. The first-order valence-corrected chi connectivity index (χ1v) is 17.1. The number of aromatic nitrogens is 3. The number of benzene rings is 7. The van der Waals surface area contributed by atoms with E-state index in [1.54, 1.807) is 0 Å². The molecular weight excluding hydrogens is 607 g/mol. The topological polar surface area (TPSA) is 22.8 Å². The van der Waals surface area contributed by atoms with Crippen LogP contribution in [0.2, 0.25) is 0 Å². The van der Waals surface area contributed by atoms with Crippen molar-refractivity contribution in [1.29, 1.82) is 0 Å². The Balaban J connectivity index is 1.28. The first kappa shape index (κ1) is 28.3. The molecule has 0 saturated carbocycles. The van der Waals surface area contributed by atoms with Gasteiger partial charge in [0.25, 0.3) is 0 Å². The van der Waals surface area contributed by atoms with E-state index in [-0.39, 0.29) is 0 Å². The summed E-state index contributed by atoms with van der Waals surface area (Å²) in [5, 5.41) is 4.97. The van der Waals surface area contributed by atoms with Crippen LogP contribution < -0.4 is 0 Å². The molecule has 0 amide bonds. The van der Waals surface area contributed by atoms with Gasteiger partial charge in [-0.15, -0.1) is 0 Å². The minimum Gasteiger partial charge on any atom is -0.309 e. The number of hydrogen-bond donors (Lipinski definition) is 0. The predicted octanol–water partition coefficient (Wildman–Crippen LogP) is 12.3. The molecule has 3 aromatic heterocycles. The normalized spacial score (nSPS) is 11.6. The molecule has 0 aliphatic rings. The lowest BCUT2D eigenvalue weighted by atomic mass is 9.95. The Labute approximate surface area is 290 Å². The standard InChI is InChI=1S/C47H31N3/c1-4-16-32(17-5-1)40-30-35(31-41(48-40)33-18-6-2-7-19-33)50-43-27-13-11-23-39(43)47-37(25-15-29-45(47)50)36-24-14-28-44-46(36)38-22-10-12-26-42(38)49(44)34-20-8-3-9-21-34/h1-31H. The van der Waals surface area contributed by atoms with Gasteiger partial charge in [0.1, 0.15) is 0 Å². The molecular formula is C47H31N3. The molecule has 0 atom stereocenters. The van der Waals surface area contributed by atoms with Gasteiger partial charge in [0, 0.05) is 38.4 Å². The van der Waals surface area contributed by atoms with Crippen molar-refractivity contribution in [2.24, 2.45) is 0 Å². The van der Waals surface area contributed by atoms with Gasteiger partial charge in [-0.3, -0.25) is 0 Å². The molecule has 0 radical (unpaired) electrons. The zero-order valence-electron chi connectivity index (χ0n) is 27.2. The third-order valence-corrected chi connectivity index (χ3v) is 9.91. The molecule has 3 heterocycles. The summed E-state index contributed by atoms with van der Waals surface area (Å²) in [5.74, 6) is 0. The number of pyridine rings is 1. The van der Waals surface area contributed by atoms with Crippen LogP contribution in [0, 0.1) is 0 Å². The quantitative estimate of drug-likeness (QED) is 0.184. The zero-order chi connectivity index (χ0) is 33.0. The second kappa shape index (κ2) is 11.5.